The number of carbonyl (C=O) groups excluding carboxylic acids is 2. The molecule has 4 rings (SSSR count). The van der Waals surface area contributed by atoms with E-state index in [0.717, 1.165) is 12.0 Å². The van der Waals surface area contributed by atoms with Gasteiger partial charge in [0.25, 0.3) is 0 Å². The third kappa shape index (κ3) is 5.01. The average molecular weight is 425 g/mol. The van der Waals surface area contributed by atoms with E-state index in [1.165, 1.54) is 23.5 Å². The quantitative estimate of drug-likeness (QED) is 0.617. The molecule has 1 aliphatic rings. The number of aromatic nitrogens is 1. The van der Waals surface area contributed by atoms with Gasteiger partial charge in [-0.3, -0.25) is 14.5 Å². The molecular formula is C22H20FN3O3S. The minimum atomic E-state index is -0.289. The molecule has 6 nitrogen and oxygen atoms in total. The Balaban J connectivity index is 1.32. The number of amides is 2. The monoisotopic (exact) mass is 425 g/mol. The largest absolute Gasteiger partial charge is 0.489 e. The van der Waals surface area contributed by atoms with Gasteiger partial charge in [0.15, 0.2) is 5.13 Å². The van der Waals surface area contributed by atoms with Crippen LogP contribution in [0.25, 0.3) is 0 Å². The summed E-state index contributed by atoms with van der Waals surface area (Å²) in [4.78, 5) is 30.3. The number of benzene rings is 2. The van der Waals surface area contributed by atoms with Crippen LogP contribution in [0.15, 0.2) is 53.9 Å². The molecule has 1 fully saturated rings. The minimum absolute atomic E-state index is 0.0813. The maximum atomic E-state index is 13.0. The number of halogens is 1. The Morgan fingerprint density at radius 3 is 2.83 bits per heavy atom. The highest BCUT2D eigenvalue weighted by Crippen LogP contribution is 2.26. The fraction of sp³-hybridized carbons (Fsp3) is 0.227. The number of carbonyl (C=O) groups is 2. The Kier molecular flexibility index (Phi) is 6.04. The van der Waals surface area contributed by atoms with Crippen LogP contribution in [0.2, 0.25) is 0 Å². The molecule has 2 heterocycles. The van der Waals surface area contributed by atoms with E-state index in [1.807, 2.05) is 5.38 Å². The molecule has 3 aromatic rings. The van der Waals surface area contributed by atoms with Crippen molar-refractivity contribution in [1.82, 2.24) is 4.98 Å². The van der Waals surface area contributed by atoms with Crippen molar-refractivity contribution in [1.29, 1.82) is 0 Å². The second-order valence-electron chi connectivity index (χ2n) is 6.94. The van der Waals surface area contributed by atoms with Crippen LogP contribution in [0.4, 0.5) is 15.2 Å². The Hall–Kier alpha value is -3.26. The number of hydrogen-bond donors (Lipinski definition) is 1. The van der Waals surface area contributed by atoms with Crippen LogP contribution in [0.1, 0.15) is 24.1 Å². The summed E-state index contributed by atoms with van der Waals surface area (Å²) in [6, 6.07) is 13.2. The molecule has 2 aromatic carbocycles. The van der Waals surface area contributed by atoms with E-state index < -0.39 is 0 Å². The molecule has 1 aliphatic heterocycles. The van der Waals surface area contributed by atoms with Crippen LogP contribution in [-0.2, 0) is 22.6 Å². The Labute approximate surface area is 177 Å². The van der Waals surface area contributed by atoms with E-state index in [4.69, 9.17) is 4.74 Å². The molecule has 0 radical (unpaired) electrons. The molecule has 1 saturated heterocycles. The van der Waals surface area contributed by atoms with Gasteiger partial charge in [-0.2, -0.15) is 0 Å². The lowest BCUT2D eigenvalue weighted by atomic mass is 10.2. The Morgan fingerprint density at radius 1 is 1.23 bits per heavy atom. The highest BCUT2D eigenvalue weighted by atomic mass is 32.1. The molecule has 8 heteroatoms. The molecule has 2 amide bonds. The van der Waals surface area contributed by atoms with Crippen LogP contribution < -0.4 is 15.0 Å². The smallest absolute Gasteiger partial charge is 0.230 e. The number of thiazole rings is 1. The molecule has 30 heavy (non-hydrogen) atoms. The second-order valence-corrected chi connectivity index (χ2v) is 7.77. The molecule has 1 aromatic heterocycles. The van der Waals surface area contributed by atoms with Crippen molar-refractivity contribution in [2.75, 3.05) is 16.8 Å². The van der Waals surface area contributed by atoms with Gasteiger partial charge in [-0.1, -0.05) is 18.2 Å². The highest BCUT2D eigenvalue weighted by Gasteiger charge is 2.24. The topological polar surface area (TPSA) is 71.5 Å². The van der Waals surface area contributed by atoms with E-state index in [2.05, 4.69) is 10.3 Å². The number of rotatable bonds is 7. The zero-order valence-electron chi connectivity index (χ0n) is 16.1. The molecule has 0 atom stereocenters. The van der Waals surface area contributed by atoms with Crippen molar-refractivity contribution in [3.05, 3.63) is 71.0 Å². The van der Waals surface area contributed by atoms with Gasteiger partial charge in [0.05, 0.1) is 12.1 Å². The molecule has 1 N–H and O–H groups in total. The standard InChI is InChI=1S/C22H20FN3O3S/c23-16-8-6-15(7-9-16)13-29-19-4-1-3-17(11-19)24-20(27)12-18-14-30-22(25-18)26-10-2-5-21(26)28/h1,3-4,6-9,11,14H,2,5,10,12-13H2,(H,24,27). The minimum Gasteiger partial charge on any atom is -0.489 e. The lowest BCUT2D eigenvalue weighted by molar-refractivity contribution is -0.117. The van der Waals surface area contributed by atoms with Gasteiger partial charge >= 0.3 is 0 Å². The highest BCUT2D eigenvalue weighted by molar-refractivity contribution is 7.14. The summed E-state index contributed by atoms with van der Waals surface area (Å²) < 4.78 is 18.7. The molecule has 0 bridgehead atoms. The summed E-state index contributed by atoms with van der Waals surface area (Å²) >= 11 is 1.38. The summed E-state index contributed by atoms with van der Waals surface area (Å²) in [6.45, 7) is 0.983. The van der Waals surface area contributed by atoms with Gasteiger partial charge in [-0.15, -0.1) is 11.3 Å². The number of ether oxygens (including phenoxy) is 1. The summed E-state index contributed by atoms with van der Waals surface area (Å²) in [7, 11) is 0. The predicted octanol–water partition coefficient (Wildman–Crippen LogP) is 4.17. The first-order valence-electron chi connectivity index (χ1n) is 9.59. The maximum Gasteiger partial charge on any atom is 0.230 e. The zero-order valence-corrected chi connectivity index (χ0v) is 17.0. The number of anilines is 2. The SMILES string of the molecule is O=C(Cc1csc(N2CCCC2=O)n1)Nc1cccc(OCc2ccc(F)cc2)c1. The molecule has 0 aliphatic carbocycles. The fourth-order valence-corrected chi connectivity index (χ4v) is 4.00. The Morgan fingerprint density at radius 2 is 2.07 bits per heavy atom. The molecule has 0 unspecified atom stereocenters. The van der Waals surface area contributed by atoms with Crippen LogP contribution in [-0.4, -0.2) is 23.3 Å². The van der Waals surface area contributed by atoms with Crippen molar-refractivity contribution in [3.63, 3.8) is 0 Å². The maximum absolute atomic E-state index is 13.0. The van der Waals surface area contributed by atoms with Gasteiger partial charge in [0.1, 0.15) is 18.2 Å². The normalized spacial score (nSPS) is 13.5. The summed E-state index contributed by atoms with van der Waals surface area (Å²) in [5, 5.41) is 5.30. The van der Waals surface area contributed by atoms with Crippen molar-refractivity contribution in [2.45, 2.75) is 25.9 Å². The molecule has 0 spiro atoms. The van der Waals surface area contributed by atoms with E-state index in [9.17, 15) is 14.0 Å². The molecule has 154 valence electrons. The predicted molar refractivity (Wildman–Crippen MR) is 113 cm³/mol. The van der Waals surface area contributed by atoms with Gasteiger partial charge in [0.2, 0.25) is 11.8 Å². The zero-order chi connectivity index (χ0) is 20.9. The third-order valence-corrected chi connectivity index (χ3v) is 5.53. The van der Waals surface area contributed by atoms with E-state index in [0.29, 0.717) is 41.8 Å². The van der Waals surface area contributed by atoms with E-state index in [-0.39, 0.29) is 24.1 Å². The first kappa shape index (κ1) is 20.0. The first-order valence-corrected chi connectivity index (χ1v) is 10.5. The third-order valence-electron chi connectivity index (χ3n) is 4.62. The van der Waals surface area contributed by atoms with Crippen molar-refractivity contribution in [2.24, 2.45) is 0 Å². The average Bonchev–Trinajstić information content (AvgIpc) is 3.36. The van der Waals surface area contributed by atoms with E-state index >= 15 is 0 Å². The number of nitrogens with zero attached hydrogens (tertiary/aromatic N) is 2. The van der Waals surface area contributed by atoms with Gasteiger partial charge in [-0.05, 0) is 36.2 Å². The molecular weight excluding hydrogens is 405 g/mol. The second kappa shape index (κ2) is 9.04. The fourth-order valence-electron chi connectivity index (χ4n) is 3.13. The number of hydrogen-bond acceptors (Lipinski definition) is 5. The summed E-state index contributed by atoms with van der Waals surface area (Å²) in [5.41, 5.74) is 2.10. The van der Waals surface area contributed by atoms with Crippen LogP contribution in [0, 0.1) is 5.82 Å². The number of nitrogens with one attached hydrogen (secondary N) is 1. The van der Waals surface area contributed by atoms with Crippen molar-refractivity contribution < 1.29 is 18.7 Å². The van der Waals surface area contributed by atoms with Gasteiger partial charge in [0, 0.05) is 30.1 Å². The van der Waals surface area contributed by atoms with E-state index in [1.54, 1.807) is 41.3 Å². The lowest BCUT2D eigenvalue weighted by Gasteiger charge is -2.10. The first-order chi connectivity index (χ1) is 14.6. The van der Waals surface area contributed by atoms with Gasteiger partial charge < -0.3 is 10.1 Å². The van der Waals surface area contributed by atoms with Gasteiger partial charge in [-0.25, -0.2) is 9.37 Å². The van der Waals surface area contributed by atoms with Crippen LogP contribution >= 0.6 is 11.3 Å². The van der Waals surface area contributed by atoms with Crippen molar-refractivity contribution >= 4 is 34.0 Å². The summed E-state index contributed by atoms with van der Waals surface area (Å²) in [6.07, 6.45) is 1.52. The van der Waals surface area contributed by atoms with Crippen molar-refractivity contribution in [3.8, 4) is 5.75 Å². The van der Waals surface area contributed by atoms with Crippen LogP contribution in [0.3, 0.4) is 0 Å². The lowest BCUT2D eigenvalue weighted by Crippen LogP contribution is -2.23. The van der Waals surface area contributed by atoms with Crippen LogP contribution in [0.5, 0.6) is 5.75 Å². The Bertz CT molecular complexity index is 1050. The molecule has 0 saturated carbocycles. The summed E-state index contributed by atoms with van der Waals surface area (Å²) in [5.74, 6) is 0.191.